The first-order valence-corrected chi connectivity index (χ1v) is 9.81. The molecule has 4 nitrogen and oxygen atoms in total. The number of halogens is 3. The lowest BCUT2D eigenvalue weighted by atomic mass is 9.85. The molecule has 4 atom stereocenters. The molecule has 22 heavy (non-hydrogen) atoms. The molecule has 0 aromatic rings. The number of nitrogens with one attached hydrogen (secondary N) is 2. The third-order valence-electron chi connectivity index (χ3n) is 4.83. The number of hydrogen-bond donors (Lipinski definition) is 2. The minimum absolute atomic E-state index is 0.0931. The standard InChI is InChI=1S/C14H25F3N2O2S/c1-22(20,21)19-13-7-2-4-10(13)9-18-12-6-3-5-11(8-12)14(15,16)17/h10-13,18-19H,2-9H2,1H3. The van der Waals surface area contributed by atoms with Crippen molar-refractivity contribution in [2.24, 2.45) is 11.8 Å². The van der Waals surface area contributed by atoms with Gasteiger partial charge in [0.25, 0.3) is 0 Å². The summed E-state index contributed by atoms with van der Waals surface area (Å²) in [7, 11) is -3.24. The number of rotatable bonds is 5. The van der Waals surface area contributed by atoms with Gasteiger partial charge in [-0.25, -0.2) is 13.1 Å². The quantitative estimate of drug-likeness (QED) is 0.807. The van der Waals surface area contributed by atoms with Crippen molar-refractivity contribution in [2.45, 2.75) is 63.2 Å². The molecule has 0 aliphatic heterocycles. The Balaban J connectivity index is 1.82. The normalized spacial score (nSPS) is 34.0. The van der Waals surface area contributed by atoms with Crippen LogP contribution in [0.5, 0.6) is 0 Å². The van der Waals surface area contributed by atoms with Gasteiger partial charge < -0.3 is 5.32 Å². The van der Waals surface area contributed by atoms with Crippen molar-refractivity contribution in [3.8, 4) is 0 Å². The van der Waals surface area contributed by atoms with E-state index in [4.69, 9.17) is 0 Å². The smallest absolute Gasteiger partial charge is 0.314 e. The van der Waals surface area contributed by atoms with Gasteiger partial charge in [0.15, 0.2) is 0 Å². The van der Waals surface area contributed by atoms with Crippen LogP contribution in [0.2, 0.25) is 0 Å². The summed E-state index contributed by atoms with van der Waals surface area (Å²) in [5.74, 6) is -1.03. The molecule has 8 heteroatoms. The van der Waals surface area contributed by atoms with Crippen LogP contribution in [0.4, 0.5) is 13.2 Å². The van der Waals surface area contributed by atoms with Crippen LogP contribution < -0.4 is 10.0 Å². The Bertz CT molecular complexity index is 467. The highest BCUT2D eigenvalue weighted by Crippen LogP contribution is 2.37. The van der Waals surface area contributed by atoms with Gasteiger partial charge >= 0.3 is 6.18 Å². The molecule has 0 aromatic carbocycles. The van der Waals surface area contributed by atoms with Gasteiger partial charge in [0.1, 0.15) is 0 Å². The van der Waals surface area contributed by atoms with E-state index < -0.39 is 22.1 Å². The van der Waals surface area contributed by atoms with E-state index in [-0.39, 0.29) is 30.8 Å². The summed E-state index contributed by atoms with van der Waals surface area (Å²) in [5, 5.41) is 3.25. The number of sulfonamides is 1. The lowest BCUT2D eigenvalue weighted by Crippen LogP contribution is -2.44. The molecule has 2 aliphatic rings. The SMILES string of the molecule is CS(=O)(=O)NC1CCCC1CNC1CCCC(C(F)(F)F)C1. The van der Waals surface area contributed by atoms with Crippen molar-refractivity contribution in [3.05, 3.63) is 0 Å². The summed E-state index contributed by atoms with van der Waals surface area (Å²) >= 11 is 0. The topological polar surface area (TPSA) is 58.2 Å². The summed E-state index contributed by atoms with van der Waals surface area (Å²) in [6, 6.07) is -0.204. The molecule has 0 spiro atoms. The third kappa shape index (κ3) is 5.38. The van der Waals surface area contributed by atoms with Crippen molar-refractivity contribution in [3.63, 3.8) is 0 Å². The van der Waals surface area contributed by atoms with Gasteiger partial charge in [-0.3, -0.25) is 0 Å². The van der Waals surface area contributed by atoms with Crippen molar-refractivity contribution < 1.29 is 21.6 Å². The van der Waals surface area contributed by atoms with Gasteiger partial charge in [0.2, 0.25) is 10.0 Å². The third-order valence-corrected chi connectivity index (χ3v) is 5.56. The molecule has 2 saturated carbocycles. The van der Waals surface area contributed by atoms with Crippen LogP contribution in [0, 0.1) is 11.8 Å². The molecule has 0 radical (unpaired) electrons. The lowest BCUT2D eigenvalue weighted by molar-refractivity contribution is -0.183. The minimum Gasteiger partial charge on any atom is -0.314 e. The Hall–Kier alpha value is -0.340. The Morgan fingerprint density at radius 2 is 1.77 bits per heavy atom. The van der Waals surface area contributed by atoms with Gasteiger partial charge in [0, 0.05) is 12.1 Å². The largest absolute Gasteiger partial charge is 0.391 e. The van der Waals surface area contributed by atoms with E-state index in [1.165, 1.54) is 0 Å². The molecule has 0 heterocycles. The fourth-order valence-corrected chi connectivity index (χ4v) is 4.56. The second-order valence-corrected chi connectivity index (χ2v) is 8.48. The maximum absolute atomic E-state index is 12.8. The summed E-state index contributed by atoms with van der Waals surface area (Å²) in [6.07, 6.45) is 1.43. The average Bonchev–Trinajstić information content (AvgIpc) is 2.81. The fourth-order valence-electron chi connectivity index (χ4n) is 3.70. The predicted molar refractivity (Wildman–Crippen MR) is 78.9 cm³/mol. The van der Waals surface area contributed by atoms with Crippen molar-refractivity contribution in [2.75, 3.05) is 12.8 Å². The van der Waals surface area contributed by atoms with E-state index in [1.807, 2.05) is 0 Å². The zero-order chi connectivity index (χ0) is 16.4. The monoisotopic (exact) mass is 342 g/mol. The number of alkyl halides is 3. The van der Waals surface area contributed by atoms with Gasteiger partial charge in [-0.1, -0.05) is 12.8 Å². The summed E-state index contributed by atoms with van der Waals surface area (Å²) in [5.41, 5.74) is 0. The van der Waals surface area contributed by atoms with E-state index in [0.717, 1.165) is 31.9 Å². The molecule has 2 rings (SSSR count). The van der Waals surface area contributed by atoms with E-state index in [0.29, 0.717) is 13.0 Å². The molecular weight excluding hydrogens is 317 g/mol. The van der Waals surface area contributed by atoms with Crippen LogP contribution in [0.15, 0.2) is 0 Å². The second kappa shape index (κ2) is 7.05. The molecule has 0 amide bonds. The van der Waals surface area contributed by atoms with E-state index in [9.17, 15) is 21.6 Å². The molecule has 4 unspecified atom stereocenters. The van der Waals surface area contributed by atoms with Crippen molar-refractivity contribution in [1.82, 2.24) is 10.0 Å². The lowest BCUT2D eigenvalue weighted by Gasteiger charge is -2.32. The molecule has 130 valence electrons. The van der Waals surface area contributed by atoms with Crippen LogP contribution in [0.3, 0.4) is 0 Å². The van der Waals surface area contributed by atoms with Crippen molar-refractivity contribution >= 4 is 10.0 Å². The van der Waals surface area contributed by atoms with E-state index in [1.54, 1.807) is 0 Å². The average molecular weight is 342 g/mol. The highest BCUT2D eigenvalue weighted by Gasteiger charge is 2.42. The van der Waals surface area contributed by atoms with Crippen LogP contribution in [0.1, 0.15) is 44.9 Å². The Kier molecular flexibility index (Phi) is 5.77. The van der Waals surface area contributed by atoms with Crippen LogP contribution in [-0.2, 0) is 10.0 Å². The maximum atomic E-state index is 12.8. The van der Waals surface area contributed by atoms with Gasteiger partial charge in [0.05, 0.1) is 12.2 Å². The van der Waals surface area contributed by atoms with Crippen molar-refractivity contribution in [1.29, 1.82) is 0 Å². The molecule has 2 aliphatic carbocycles. The second-order valence-electron chi connectivity index (χ2n) is 6.70. The minimum atomic E-state index is -4.10. The highest BCUT2D eigenvalue weighted by atomic mass is 32.2. The summed E-state index contributed by atoms with van der Waals surface area (Å²) in [6.45, 7) is 0.586. The molecule has 0 saturated heterocycles. The van der Waals surface area contributed by atoms with Crippen LogP contribution in [-0.4, -0.2) is 39.5 Å². The zero-order valence-corrected chi connectivity index (χ0v) is 13.6. The van der Waals surface area contributed by atoms with Gasteiger partial charge in [-0.15, -0.1) is 0 Å². The maximum Gasteiger partial charge on any atom is 0.391 e. The molecular formula is C14H25F3N2O2S. The first-order valence-electron chi connectivity index (χ1n) is 7.92. The van der Waals surface area contributed by atoms with Crippen LogP contribution in [0.25, 0.3) is 0 Å². The van der Waals surface area contributed by atoms with E-state index >= 15 is 0 Å². The van der Waals surface area contributed by atoms with E-state index in [2.05, 4.69) is 10.0 Å². The molecule has 2 N–H and O–H groups in total. The number of hydrogen-bond acceptors (Lipinski definition) is 3. The Labute approximate surface area is 130 Å². The first-order chi connectivity index (χ1) is 10.1. The molecule has 2 fully saturated rings. The highest BCUT2D eigenvalue weighted by molar-refractivity contribution is 7.88. The van der Waals surface area contributed by atoms with Gasteiger partial charge in [-0.05, 0) is 44.6 Å². The molecule has 0 bridgehead atoms. The first kappa shape index (κ1) is 18.0. The van der Waals surface area contributed by atoms with Crippen LogP contribution >= 0.6 is 0 Å². The molecule has 0 aromatic heterocycles. The summed E-state index contributed by atoms with van der Waals surface area (Å²) < 4.78 is 63.7. The Morgan fingerprint density at radius 1 is 1.09 bits per heavy atom. The Morgan fingerprint density at radius 3 is 2.41 bits per heavy atom. The van der Waals surface area contributed by atoms with Gasteiger partial charge in [-0.2, -0.15) is 13.2 Å². The fraction of sp³-hybridized carbons (Fsp3) is 1.00. The summed E-state index contributed by atoms with van der Waals surface area (Å²) in [4.78, 5) is 0. The predicted octanol–water partition coefficient (Wildman–Crippen LogP) is 2.42. The zero-order valence-electron chi connectivity index (χ0n) is 12.8.